The van der Waals surface area contributed by atoms with Crippen molar-refractivity contribution in [2.24, 2.45) is 11.8 Å². The molecule has 1 amide bonds. The van der Waals surface area contributed by atoms with Gasteiger partial charge >= 0.3 is 0 Å². The summed E-state index contributed by atoms with van der Waals surface area (Å²) in [7, 11) is 0. The number of nitrogens with one attached hydrogen (secondary N) is 1. The molecule has 0 aromatic carbocycles. The van der Waals surface area contributed by atoms with E-state index in [1.807, 2.05) is 13.8 Å². The SMILES string of the molecule is CC(C)CCNC(=O)C(C)N1CCC(C(C)O)C1. The number of nitrogens with zero attached hydrogens (tertiary/aromatic N) is 1. The van der Waals surface area contributed by atoms with Gasteiger partial charge in [0, 0.05) is 13.1 Å². The van der Waals surface area contributed by atoms with Gasteiger partial charge in [-0.25, -0.2) is 0 Å². The third-order valence-corrected chi connectivity index (χ3v) is 3.89. The van der Waals surface area contributed by atoms with Crippen LogP contribution in [-0.2, 0) is 4.79 Å². The summed E-state index contributed by atoms with van der Waals surface area (Å²) in [6.07, 6.45) is 1.74. The molecule has 3 atom stereocenters. The van der Waals surface area contributed by atoms with Crippen molar-refractivity contribution in [3.8, 4) is 0 Å². The van der Waals surface area contributed by atoms with E-state index in [2.05, 4.69) is 24.1 Å². The molecule has 2 N–H and O–H groups in total. The van der Waals surface area contributed by atoms with Crippen LogP contribution >= 0.6 is 0 Å². The smallest absolute Gasteiger partial charge is 0.237 e. The van der Waals surface area contributed by atoms with Crippen molar-refractivity contribution in [3.05, 3.63) is 0 Å². The van der Waals surface area contributed by atoms with Crippen LogP contribution in [0.25, 0.3) is 0 Å². The molecule has 0 aliphatic carbocycles. The lowest BCUT2D eigenvalue weighted by Gasteiger charge is -2.24. The molecule has 4 heteroatoms. The zero-order valence-corrected chi connectivity index (χ0v) is 12.1. The van der Waals surface area contributed by atoms with Crippen LogP contribution in [0.1, 0.15) is 40.5 Å². The van der Waals surface area contributed by atoms with Gasteiger partial charge in [0.25, 0.3) is 0 Å². The van der Waals surface area contributed by atoms with Crippen LogP contribution in [0.5, 0.6) is 0 Å². The maximum absolute atomic E-state index is 12.0. The first-order valence-electron chi connectivity index (χ1n) is 7.11. The predicted molar refractivity (Wildman–Crippen MR) is 73.3 cm³/mol. The Bertz CT molecular complexity index is 267. The zero-order chi connectivity index (χ0) is 13.7. The second-order valence-electron chi connectivity index (χ2n) is 5.93. The lowest BCUT2D eigenvalue weighted by atomic mass is 10.0. The molecule has 1 fully saturated rings. The Balaban J connectivity index is 2.31. The minimum absolute atomic E-state index is 0.0825. The fourth-order valence-electron chi connectivity index (χ4n) is 2.36. The molecule has 0 spiro atoms. The van der Waals surface area contributed by atoms with Crippen LogP contribution in [0.4, 0.5) is 0 Å². The standard InChI is InChI=1S/C14H28N2O2/c1-10(2)5-7-15-14(18)11(3)16-8-6-13(9-16)12(4)17/h10-13,17H,5-9H2,1-4H3,(H,15,18). The number of hydrogen-bond acceptors (Lipinski definition) is 3. The molecule has 0 saturated carbocycles. The fraction of sp³-hybridized carbons (Fsp3) is 0.929. The second-order valence-corrected chi connectivity index (χ2v) is 5.93. The predicted octanol–water partition coefficient (Wildman–Crippen LogP) is 1.24. The number of rotatable bonds is 6. The third-order valence-electron chi connectivity index (χ3n) is 3.89. The summed E-state index contributed by atoms with van der Waals surface area (Å²) < 4.78 is 0. The van der Waals surface area contributed by atoms with Crippen molar-refractivity contribution in [2.75, 3.05) is 19.6 Å². The van der Waals surface area contributed by atoms with Crippen molar-refractivity contribution < 1.29 is 9.90 Å². The van der Waals surface area contributed by atoms with Gasteiger partial charge in [0.2, 0.25) is 5.91 Å². The number of hydrogen-bond donors (Lipinski definition) is 2. The van der Waals surface area contributed by atoms with Crippen LogP contribution in [0, 0.1) is 11.8 Å². The highest BCUT2D eigenvalue weighted by molar-refractivity contribution is 5.81. The Kier molecular flexibility index (Phi) is 6.09. The third kappa shape index (κ3) is 4.58. The summed E-state index contributed by atoms with van der Waals surface area (Å²) in [5.74, 6) is 1.05. The number of likely N-dealkylation sites (tertiary alicyclic amines) is 1. The molecule has 0 aromatic heterocycles. The highest BCUT2D eigenvalue weighted by Gasteiger charge is 2.31. The first-order chi connectivity index (χ1) is 8.41. The Morgan fingerprint density at radius 1 is 1.39 bits per heavy atom. The summed E-state index contributed by atoms with van der Waals surface area (Å²) in [6, 6.07) is -0.0825. The van der Waals surface area contributed by atoms with Gasteiger partial charge in [-0.05, 0) is 45.1 Å². The fourth-order valence-corrected chi connectivity index (χ4v) is 2.36. The molecule has 18 heavy (non-hydrogen) atoms. The maximum Gasteiger partial charge on any atom is 0.237 e. The maximum atomic E-state index is 12.0. The summed E-state index contributed by atoms with van der Waals surface area (Å²) >= 11 is 0. The van der Waals surface area contributed by atoms with Crippen LogP contribution in [0.15, 0.2) is 0 Å². The Morgan fingerprint density at radius 3 is 2.56 bits per heavy atom. The van der Waals surface area contributed by atoms with E-state index in [-0.39, 0.29) is 18.1 Å². The van der Waals surface area contributed by atoms with Gasteiger partial charge in [0.15, 0.2) is 0 Å². The van der Waals surface area contributed by atoms with E-state index in [9.17, 15) is 9.90 Å². The Morgan fingerprint density at radius 2 is 2.06 bits per heavy atom. The van der Waals surface area contributed by atoms with Crippen LogP contribution < -0.4 is 5.32 Å². The van der Waals surface area contributed by atoms with Crippen molar-refractivity contribution in [1.29, 1.82) is 0 Å². The van der Waals surface area contributed by atoms with Crippen LogP contribution in [0.3, 0.4) is 0 Å². The van der Waals surface area contributed by atoms with Crippen molar-refractivity contribution in [2.45, 2.75) is 52.7 Å². The monoisotopic (exact) mass is 256 g/mol. The molecule has 1 aliphatic rings. The number of aliphatic hydroxyl groups is 1. The molecule has 1 heterocycles. The molecule has 106 valence electrons. The summed E-state index contributed by atoms with van der Waals surface area (Å²) in [4.78, 5) is 14.1. The van der Waals surface area contributed by atoms with Gasteiger partial charge in [-0.2, -0.15) is 0 Å². The zero-order valence-electron chi connectivity index (χ0n) is 12.1. The molecule has 1 rings (SSSR count). The molecule has 0 bridgehead atoms. The number of amides is 1. The number of aliphatic hydroxyl groups excluding tert-OH is 1. The largest absolute Gasteiger partial charge is 0.393 e. The molecule has 0 aromatic rings. The molecular weight excluding hydrogens is 228 g/mol. The molecule has 1 aliphatic heterocycles. The van der Waals surface area contributed by atoms with E-state index in [0.29, 0.717) is 11.8 Å². The lowest BCUT2D eigenvalue weighted by molar-refractivity contribution is -0.125. The summed E-state index contributed by atoms with van der Waals surface area (Å²) in [6.45, 7) is 10.6. The lowest BCUT2D eigenvalue weighted by Crippen LogP contribution is -2.44. The Labute approximate surface area is 111 Å². The van der Waals surface area contributed by atoms with E-state index in [0.717, 1.165) is 32.5 Å². The quantitative estimate of drug-likeness (QED) is 0.752. The minimum atomic E-state index is -0.272. The van der Waals surface area contributed by atoms with E-state index in [1.54, 1.807) is 0 Å². The second kappa shape index (κ2) is 7.10. The highest BCUT2D eigenvalue weighted by Crippen LogP contribution is 2.21. The summed E-state index contributed by atoms with van der Waals surface area (Å²) in [5, 5.41) is 12.6. The topological polar surface area (TPSA) is 52.6 Å². The average molecular weight is 256 g/mol. The van der Waals surface area contributed by atoms with Crippen molar-refractivity contribution in [3.63, 3.8) is 0 Å². The minimum Gasteiger partial charge on any atom is -0.393 e. The summed E-state index contributed by atoms with van der Waals surface area (Å²) in [5.41, 5.74) is 0. The first kappa shape index (κ1) is 15.4. The van der Waals surface area contributed by atoms with Crippen molar-refractivity contribution >= 4 is 5.91 Å². The molecule has 3 unspecified atom stereocenters. The highest BCUT2D eigenvalue weighted by atomic mass is 16.3. The van der Waals surface area contributed by atoms with E-state index >= 15 is 0 Å². The first-order valence-corrected chi connectivity index (χ1v) is 7.11. The van der Waals surface area contributed by atoms with Crippen molar-refractivity contribution in [1.82, 2.24) is 10.2 Å². The van der Waals surface area contributed by atoms with Gasteiger partial charge in [0.1, 0.15) is 0 Å². The van der Waals surface area contributed by atoms with Gasteiger partial charge in [0.05, 0.1) is 12.1 Å². The van der Waals surface area contributed by atoms with Gasteiger partial charge in [-0.3, -0.25) is 9.69 Å². The van der Waals surface area contributed by atoms with Crippen LogP contribution in [0.2, 0.25) is 0 Å². The van der Waals surface area contributed by atoms with Crippen LogP contribution in [-0.4, -0.2) is 47.7 Å². The number of carbonyl (C=O) groups is 1. The molecule has 0 radical (unpaired) electrons. The molecule has 4 nitrogen and oxygen atoms in total. The average Bonchev–Trinajstić information content (AvgIpc) is 2.76. The molecule has 1 saturated heterocycles. The normalized spacial score (nSPS) is 24.2. The van der Waals surface area contributed by atoms with E-state index in [4.69, 9.17) is 0 Å². The number of carbonyl (C=O) groups excluding carboxylic acids is 1. The van der Waals surface area contributed by atoms with Gasteiger partial charge in [-0.1, -0.05) is 13.8 Å². The van der Waals surface area contributed by atoms with Gasteiger partial charge in [-0.15, -0.1) is 0 Å². The molecular formula is C14H28N2O2. The van der Waals surface area contributed by atoms with E-state index in [1.165, 1.54) is 0 Å². The van der Waals surface area contributed by atoms with Gasteiger partial charge < -0.3 is 10.4 Å². The van der Waals surface area contributed by atoms with E-state index < -0.39 is 0 Å². The Hall–Kier alpha value is -0.610.